The Bertz CT molecular complexity index is 83.7. The molecule has 0 N–H and O–H groups in total. The van der Waals surface area contributed by atoms with Crippen molar-refractivity contribution in [1.82, 2.24) is 0 Å². The van der Waals surface area contributed by atoms with Gasteiger partial charge in [-0.25, -0.2) is 5.11 Å². The lowest BCUT2D eigenvalue weighted by atomic mass is 10.2. The van der Waals surface area contributed by atoms with Crippen molar-refractivity contribution in [2.24, 2.45) is 0 Å². The van der Waals surface area contributed by atoms with Crippen LogP contribution in [0.15, 0.2) is 0 Å². The van der Waals surface area contributed by atoms with Crippen LogP contribution in [0.3, 0.4) is 0 Å². The lowest BCUT2D eigenvalue weighted by Gasteiger charge is -2.24. The van der Waals surface area contributed by atoms with E-state index in [1.165, 1.54) is 0 Å². The average Bonchev–Trinajstić information content (AvgIpc) is 1.59. The molecule has 1 atom stereocenters. The monoisotopic (exact) mass is 145 g/mol. The van der Waals surface area contributed by atoms with Crippen LogP contribution in [0.4, 0.5) is 0 Å². The van der Waals surface area contributed by atoms with E-state index in [4.69, 9.17) is 4.74 Å². The fourth-order valence-electron chi connectivity index (χ4n) is 0.828. The molecule has 0 fully saturated rings. The highest BCUT2D eigenvalue weighted by Gasteiger charge is 2.14. The van der Waals surface area contributed by atoms with Crippen LogP contribution in [-0.2, 0) is 9.84 Å². The van der Waals surface area contributed by atoms with E-state index < -0.39 is 0 Å². The number of hydrogen-bond donors (Lipinski definition) is 0. The summed E-state index contributed by atoms with van der Waals surface area (Å²) in [5.41, 5.74) is -0.116. The summed E-state index contributed by atoms with van der Waals surface area (Å²) in [6.07, 6.45) is 0.703. The van der Waals surface area contributed by atoms with Gasteiger partial charge in [0, 0.05) is 0 Å². The van der Waals surface area contributed by atoms with Gasteiger partial charge >= 0.3 is 0 Å². The van der Waals surface area contributed by atoms with Crippen molar-refractivity contribution in [3.8, 4) is 0 Å². The Labute approximate surface area is 63.2 Å². The molecule has 0 aliphatic rings. The standard InChI is InChI=1S/C8H17O2/c1-7(5-6-9)10-8(2,3)4/h7H,5-6H2,1-4H3. The van der Waals surface area contributed by atoms with Crippen LogP contribution >= 0.6 is 0 Å². The van der Waals surface area contributed by atoms with Gasteiger partial charge in [0.25, 0.3) is 0 Å². The molecule has 1 unspecified atom stereocenters. The molecule has 2 nitrogen and oxygen atoms in total. The first-order chi connectivity index (χ1) is 4.45. The van der Waals surface area contributed by atoms with Crippen LogP contribution in [0.25, 0.3) is 0 Å². The summed E-state index contributed by atoms with van der Waals surface area (Å²) in [5.74, 6) is 0. The molecule has 0 heterocycles. The van der Waals surface area contributed by atoms with Crippen LogP contribution in [0, 0.1) is 0 Å². The molecule has 0 aliphatic heterocycles. The second-order valence-corrected chi connectivity index (χ2v) is 3.53. The minimum absolute atomic E-state index is 0.0444. The lowest BCUT2D eigenvalue weighted by molar-refractivity contribution is -0.0618. The van der Waals surface area contributed by atoms with E-state index in [2.05, 4.69) is 0 Å². The van der Waals surface area contributed by atoms with Gasteiger partial charge in [0.05, 0.1) is 18.3 Å². The number of hydrogen-bond acceptors (Lipinski definition) is 1. The molecule has 0 saturated carbocycles. The van der Waals surface area contributed by atoms with E-state index in [1.807, 2.05) is 27.7 Å². The maximum absolute atomic E-state index is 10.1. The molecule has 0 aromatic heterocycles. The van der Waals surface area contributed by atoms with Crippen LogP contribution < -0.4 is 0 Å². The van der Waals surface area contributed by atoms with Crippen molar-refractivity contribution in [3.63, 3.8) is 0 Å². The summed E-state index contributed by atoms with van der Waals surface area (Å²) in [7, 11) is 0. The highest BCUT2D eigenvalue weighted by molar-refractivity contribution is 4.62. The Morgan fingerprint density at radius 3 is 2.20 bits per heavy atom. The third-order valence-corrected chi connectivity index (χ3v) is 1.08. The van der Waals surface area contributed by atoms with E-state index in [1.54, 1.807) is 0 Å². The molecule has 0 amide bonds. The molecule has 0 rings (SSSR count). The predicted molar refractivity (Wildman–Crippen MR) is 40.5 cm³/mol. The first kappa shape index (κ1) is 9.92. The molecule has 0 aromatic rings. The van der Waals surface area contributed by atoms with Gasteiger partial charge in [-0.15, -0.1) is 0 Å². The van der Waals surface area contributed by atoms with Crippen LogP contribution in [0.2, 0.25) is 0 Å². The Balaban J connectivity index is 3.47. The molecule has 10 heavy (non-hydrogen) atoms. The largest absolute Gasteiger partial charge is 0.373 e. The van der Waals surface area contributed by atoms with Gasteiger partial charge in [0.1, 0.15) is 0 Å². The first-order valence-electron chi connectivity index (χ1n) is 3.71. The fourth-order valence-corrected chi connectivity index (χ4v) is 0.828. The highest BCUT2D eigenvalue weighted by Crippen LogP contribution is 2.11. The molecule has 0 bridgehead atoms. The van der Waals surface area contributed by atoms with E-state index in [-0.39, 0.29) is 18.3 Å². The van der Waals surface area contributed by atoms with Crippen molar-refractivity contribution in [2.45, 2.75) is 45.8 Å². The van der Waals surface area contributed by atoms with Gasteiger partial charge in [-0.3, -0.25) is 0 Å². The van der Waals surface area contributed by atoms with E-state index >= 15 is 0 Å². The smallest absolute Gasteiger partial charge is 0.0846 e. The normalized spacial score (nSPS) is 15.3. The molecular weight excluding hydrogens is 128 g/mol. The van der Waals surface area contributed by atoms with Crippen molar-refractivity contribution >= 4 is 0 Å². The SMILES string of the molecule is CC(CC[O])OC(C)(C)C. The third kappa shape index (κ3) is 6.05. The van der Waals surface area contributed by atoms with Gasteiger partial charge in [-0.2, -0.15) is 0 Å². The van der Waals surface area contributed by atoms with Crippen molar-refractivity contribution in [1.29, 1.82) is 0 Å². The maximum Gasteiger partial charge on any atom is 0.0846 e. The average molecular weight is 145 g/mol. The highest BCUT2D eigenvalue weighted by atomic mass is 16.5. The second kappa shape index (κ2) is 3.94. The minimum atomic E-state index is -0.116. The minimum Gasteiger partial charge on any atom is -0.373 e. The molecular formula is C8H17O2. The second-order valence-electron chi connectivity index (χ2n) is 3.53. The van der Waals surface area contributed by atoms with Gasteiger partial charge in [0.2, 0.25) is 0 Å². The Morgan fingerprint density at radius 2 is 1.90 bits per heavy atom. The predicted octanol–water partition coefficient (Wildman–Crippen LogP) is 2.01. The van der Waals surface area contributed by atoms with Crippen LogP contribution in [-0.4, -0.2) is 18.3 Å². The number of ether oxygens (including phenoxy) is 1. The zero-order valence-electron chi connectivity index (χ0n) is 7.31. The summed E-state index contributed by atoms with van der Waals surface area (Å²) in [6.45, 7) is 7.87. The van der Waals surface area contributed by atoms with Crippen molar-refractivity contribution in [2.75, 3.05) is 6.61 Å². The van der Waals surface area contributed by atoms with Crippen LogP contribution in [0.5, 0.6) is 0 Å². The van der Waals surface area contributed by atoms with E-state index in [9.17, 15) is 5.11 Å². The van der Waals surface area contributed by atoms with E-state index in [0.717, 1.165) is 0 Å². The summed E-state index contributed by atoms with van der Waals surface area (Å²) < 4.78 is 5.48. The Kier molecular flexibility index (Phi) is 3.91. The number of rotatable bonds is 3. The fraction of sp³-hybridized carbons (Fsp3) is 1.00. The molecule has 0 aliphatic carbocycles. The molecule has 0 saturated heterocycles. The maximum atomic E-state index is 10.1. The van der Waals surface area contributed by atoms with Crippen molar-refractivity contribution < 1.29 is 9.84 Å². The molecule has 0 spiro atoms. The quantitative estimate of drug-likeness (QED) is 0.597. The summed E-state index contributed by atoms with van der Waals surface area (Å²) in [5, 5.41) is 10.1. The first-order valence-corrected chi connectivity index (χ1v) is 3.71. The van der Waals surface area contributed by atoms with Gasteiger partial charge in [-0.05, 0) is 34.1 Å². The van der Waals surface area contributed by atoms with Gasteiger partial charge in [-0.1, -0.05) is 0 Å². The zero-order chi connectivity index (χ0) is 8.20. The lowest BCUT2D eigenvalue weighted by Crippen LogP contribution is -2.25. The third-order valence-electron chi connectivity index (χ3n) is 1.08. The zero-order valence-corrected chi connectivity index (χ0v) is 7.31. The van der Waals surface area contributed by atoms with Gasteiger partial charge < -0.3 is 4.74 Å². The van der Waals surface area contributed by atoms with Crippen LogP contribution in [0.1, 0.15) is 34.1 Å². The summed E-state index contributed by atoms with van der Waals surface area (Å²) in [4.78, 5) is 0. The topological polar surface area (TPSA) is 29.1 Å². The Morgan fingerprint density at radius 1 is 1.40 bits per heavy atom. The summed E-state index contributed by atoms with van der Waals surface area (Å²) in [6, 6.07) is 0. The molecule has 2 heteroatoms. The van der Waals surface area contributed by atoms with Crippen molar-refractivity contribution in [3.05, 3.63) is 0 Å². The summed E-state index contributed by atoms with van der Waals surface area (Å²) >= 11 is 0. The van der Waals surface area contributed by atoms with E-state index in [0.29, 0.717) is 6.42 Å². The molecule has 61 valence electrons. The molecule has 0 aromatic carbocycles. The Hall–Kier alpha value is -0.0800. The van der Waals surface area contributed by atoms with Gasteiger partial charge in [0.15, 0.2) is 0 Å². The molecule has 1 radical (unpaired) electrons.